The molecule has 128 valence electrons. The number of amides is 1. The molecule has 0 bridgehead atoms. The van der Waals surface area contributed by atoms with Gasteiger partial charge in [0.15, 0.2) is 6.61 Å². The molecule has 1 N–H and O–H groups in total. The molecular formula is C17H16N4O4. The van der Waals surface area contributed by atoms with Gasteiger partial charge in [0.05, 0.1) is 10.6 Å². The number of pyridine rings is 1. The number of non-ortho nitro benzene ring substituents is 1. The van der Waals surface area contributed by atoms with E-state index >= 15 is 0 Å². The summed E-state index contributed by atoms with van der Waals surface area (Å²) >= 11 is 0. The average molecular weight is 340 g/mol. The van der Waals surface area contributed by atoms with Crippen LogP contribution in [0.3, 0.4) is 0 Å². The zero-order valence-corrected chi connectivity index (χ0v) is 13.3. The molecule has 0 aliphatic heterocycles. The molecule has 0 atom stereocenters. The Labute approximate surface area is 143 Å². The molecule has 2 aromatic heterocycles. The highest BCUT2D eigenvalue weighted by Gasteiger charge is 2.07. The van der Waals surface area contributed by atoms with Crippen LogP contribution < -0.4 is 10.1 Å². The lowest BCUT2D eigenvalue weighted by Crippen LogP contribution is -2.30. The van der Waals surface area contributed by atoms with Crippen LogP contribution in [-0.2, 0) is 11.2 Å². The second-order valence-electron chi connectivity index (χ2n) is 5.34. The number of aromatic nitrogens is 2. The average Bonchev–Trinajstić information content (AvgIpc) is 3.03. The fourth-order valence-electron chi connectivity index (χ4n) is 2.30. The lowest BCUT2D eigenvalue weighted by atomic mass is 10.3. The zero-order valence-electron chi connectivity index (χ0n) is 13.3. The van der Waals surface area contributed by atoms with Gasteiger partial charge in [0, 0.05) is 37.5 Å². The SMILES string of the molecule is O=C(COc1ccc([N+](=O)[O-])cc1)NCCc1cn2ccccc2n1. The summed E-state index contributed by atoms with van der Waals surface area (Å²) in [6, 6.07) is 11.3. The van der Waals surface area contributed by atoms with E-state index in [1.807, 2.05) is 35.0 Å². The van der Waals surface area contributed by atoms with E-state index in [4.69, 9.17) is 4.74 Å². The molecule has 3 rings (SSSR count). The number of nitro benzene ring substituents is 1. The first-order valence-corrected chi connectivity index (χ1v) is 7.68. The van der Waals surface area contributed by atoms with Crippen LogP contribution in [0.2, 0.25) is 0 Å². The molecular weight excluding hydrogens is 324 g/mol. The van der Waals surface area contributed by atoms with E-state index in [2.05, 4.69) is 10.3 Å². The second kappa shape index (κ2) is 7.43. The van der Waals surface area contributed by atoms with Gasteiger partial charge in [0.25, 0.3) is 11.6 Å². The summed E-state index contributed by atoms with van der Waals surface area (Å²) in [5, 5.41) is 13.3. The summed E-state index contributed by atoms with van der Waals surface area (Å²) < 4.78 is 7.22. The molecule has 2 heterocycles. The highest BCUT2D eigenvalue weighted by Crippen LogP contribution is 2.17. The monoisotopic (exact) mass is 340 g/mol. The first-order chi connectivity index (χ1) is 12.1. The van der Waals surface area contributed by atoms with E-state index in [1.54, 1.807) is 0 Å². The van der Waals surface area contributed by atoms with Crippen LogP contribution >= 0.6 is 0 Å². The van der Waals surface area contributed by atoms with Gasteiger partial charge in [-0.1, -0.05) is 6.07 Å². The summed E-state index contributed by atoms with van der Waals surface area (Å²) in [6.45, 7) is 0.301. The van der Waals surface area contributed by atoms with Crippen LogP contribution in [0.5, 0.6) is 5.75 Å². The maximum atomic E-state index is 11.8. The quantitative estimate of drug-likeness (QED) is 0.524. The van der Waals surface area contributed by atoms with Crippen molar-refractivity contribution in [1.82, 2.24) is 14.7 Å². The normalized spacial score (nSPS) is 10.6. The molecule has 0 fully saturated rings. The Kier molecular flexibility index (Phi) is 4.89. The lowest BCUT2D eigenvalue weighted by molar-refractivity contribution is -0.384. The van der Waals surface area contributed by atoms with Crippen molar-refractivity contribution >= 4 is 17.2 Å². The standard InChI is InChI=1S/C17H16N4O4/c22-17(12-25-15-6-4-14(5-7-15)21(23)24)18-9-8-13-11-20-10-2-1-3-16(20)19-13/h1-7,10-11H,8-9,12H2,(H,18,22). The second-order valence-corrected chi connectivity index (χ2v) is 5.34. The van der Waals surface area contributed by atoms with Gasteiger partial charge >= 0.3 is 0 Å². The van der Waals surface area contributed by atoms with Gasteiger partial charge in [-0.15, -0.1) is 0 Å². The van der Waals surface area contributed by atoms with E-state index < -0.39 is 4.92 Å². The van der Waals surface area contributed by atoms with Crippen molar-refractivity contribution in [1.29, 1.82) is 0 Å². The predicted octanol–water partition coefficient (Wildman–Crippen LogP) is 1.98. The van der Waals surface area contributed by atoms with Crippen LogP contribution in [-0.4, -0.2) is 33.4 Å². The summed E-state index contributed by atoms with van der Waals surface area (Å²) in [7, 11) is 0. The Morgan fingerprint density at radius 3 is 2.76 bits per heavy atom. The van der Waals surface area contributed by atoms with Gasteiger partial charge < -0.3 is 14.5 Å². The first kappa shape index (κ1) is 16.4. The van der Waals surface area contributed by atoms with Crippen LogP contribution in [0, 0.1) is 10.1 Å². The van der Waals surface area contributed by atoms with Gasteiger partial charge in [-0.05, 0) is 24.3 Å². The molecule has 8 nitrogen and oxygen atoms in total. The zero-order chi connectivity index (χ0) is 17.6. The summed E-state index contributed by atoms with van der Waals surface area (Å²) in [4.78, 5) is 26.3. The van der Waals surface area contributed by atoms with Crippen molar-refractivity contribution < 1.29 is 14.5 Å². The Balaban J connectivity index is 1.42. The first-order valence-electron chi connectivity index (χ1n) is 7.68. The Morgan fingerprint density at radius 1 is 1.24 bits per heavy atom. The number of hydrogen-bond donors (Lipinski definition) is 1. The van der Waals surface area contributed by atoms with Gasteiger partial charge in [0.2, 0.25) is 0 Å². The number of nitrogens with zero attached hydrogens (tertiary/aromatic N) is 3. The molecule has 0 unspecified atom stereocenters. The highest BCUT2D eigenvalue weighted by atomic mass is 16.6. The molecule has 1 aromatic carbocycles. The largest absolute Gasteiger partial charge is 0.484 e. The van der Waals surface area contributed by atoms with Crippen LogP contribution in [0.15, 0.2) is 54.9 Å². The third-order valence-electron chi connectivity index (χ3n) is 3.53. The molecule has 1 amide bonds. The number of rotatable bonds is 7. The molecule has 0 saturated carbocycles. The van der Waals surface area contributed by atoms with Crippen LogP contribution in [0.25, 0.3) is 5.65 Å². The van der Waals surface area contributed by atoms with Gasteiger partial charge in [0.1, 0.15) is 11.4 Å². The molecule has 25 heavy (non-hydrogen) atoms. The fraction of sp³-hybridized carbons (Fsp3) is 0.176. The number of imidazole rings is 1. The minimum absolute atomic E-state index is 0.0238. The van der Waals surface area contributed by atoms with Gasteiger partial charge in [-0.2, -0.15) is 0 Å². The van der Waals surface area contributed by atoms with E-state index in [9.17, 15) is 14.9 Å². The molecule has 8 heteroatoms. The van der Waals surface area contributed by atoms with Crippen molar-refractivity contribution in [3.8, 4) is 5.75 Å². The van der Waals surface area contributed by atoms with E-state index in [-0.39, 0.29) is 18.2 Å². The number of fused-ring (bicyclic) bond motifs is 1. The molecule has 3 aromatic rings. The third kappa shape index (κ3) is 4.31. The number of carbonyl (C=O) groups is 1. The Bertz CT molecular complexity index is 856. The predicted molar refractivity (Wildman–Crippen MR) is 90.5 cm³/mol. The van der Waals surface area contributed by atoms with Crippen molar-refractivity contribution in [2.24, 2.45) is 0 Å². The number of benzene rings is 1. The number of ether oxygens (including phenoxy) is 1. The maximum absolute atomic E-state index is 11.8. The Morgan fingerprint density at radius 2 is 2.04 bits per heavy atom. The summed E-state index contributed by atoms with van der Waals surface area (Å²) in [5.41, 5.74) is 1.73. The van der Waals surface area contributed by atoms with E-state index in [0.29, 0.717) is 18.7 Å². The molecule has 0 radical (unpaired) electrons. The maximum Gasteiger partial charge on any atom is 0.269 e. The molecule has 0 saturated heterocycles. The van der Waals surface area contributed by atoms with Crippen LogP contribution in [0.1, 0.15) is 5.69 Å². The summed E-state index contributed by atoms with van der Waals surface area (Å²) in [5.74, 6) is 0.142. The van der Waals surface area contributed by atoms with Crippen molar-refractivity contribution in [2.75, 3.05) is 13.2 Å². The Hall–Kier alpha value is -3.42. The minimum Gasteiger partial charge on any atom is -0.484 e. The lowest BCUT2D eigenvalue weighted by Gasteiger charge is -2.06. The van der Waals surface area contributed by atoms with Gasteiger partial charge in [-0.25, -0.2) is 4.98 Å². The molecule has 0 aliphatic carbocycles. The number of hydrogen-bond acceptors (Lipinski definition) is 5. The number of carbonyl (C=O) groups excluding carboxylic acids is 1. The number of nitrogens with one attached hydrogen (secondary N) is 1. The molecule has 0 aliphatic rings. The smallest absolute Gasteiger partial charge is 0.269 e. The van der Waals surface area contributed by atoms with E-state index in [1.165, 1.54) is 24.3 Å². The van der Waals surface area contributed by atoms with Crippen molar-refractivity contribution in [2.45, 2.75) is 6.42 Å². The van der Waals surface area contributed by atoms with Gasteiger partial charge in [-0.3, -0.25) is 14.9 Å². The fourth-order valence-corrected chi connectivity index (χ4v) is 2.30. The van der Waals surface area contributed by atoms with E-state index in [0.717, 1.165) is 11.3 Å². The third-order valence-corrected chi connectivity index (χ3v) is 3.53. The minimum atomic E-state index is -0.490. The number of nitro groups is 1. The van der Waals surface area contributed by atoms with Crippen molar-refractivity contribution in [3.05, 3.63) is 70.7 Å². The summed E-state index contributed by atoms with van der Waals surface area (Å²) in [6.07, 6.45) is 4.46. The molecule has 0 spiro atoms. The topological polar surface area (TPSA) is 98.8 Å². The van der Waals surface area contributed by atoms with Crippen molar-refractivity contribution in [3.63, 3.8) is 0 Å². The van der Waals surface area contributed by atoms with Crippen LogP contribution in [0.4, 0.5) is 5.69 Å². The highest BCUT2D eigenvalue weighted by molar-refractivity contribution is 5.77.